The molecule has 1 spiro atoms. The van der Waals surface area contributed by atoms with E-state index in [0.29, 0.717) is 12.3 Å². The van der Waals surface area contributed by atoms with Gasteiger partial charge in [0.1, 0.15) is 6.10 Å². The van der Waals surface area contributed by atoms with Crippen LogP contribution in [0, 0.1) is 40.4 Å². The minimum absolute atomic E-state index is 0.0853. The quantitative estimate of drug-likeness (QED) is 0.680. The van der Waals surface area contributed by atoms with E-state index in [2.05, 4.69) is 18.7 Å². The van der Waals surface area contributed by atoms with Gasteiger partial charge in [0.25, 0.3) is 0 Å². The number of rotatable bonds is 3. The van der Waals surface area contributed by atoms with Crippen LogP contribution in [0.15, 0.2) is 0 Å². The molecule has 5 aliphatic carbocycles. The van der Waals surface area contributed by atoms with Gasteiger partial charge in [-0.3, -0.25) is 9.69 Å². The van der Waals surface area contributed by atoms with Gasteiger partial charge >= 0.3 is 5.97 Å². The van der Waals surface area contributed by atoms with Crippen molar-refractivity contribution in [2.24, 2.45) is 40.4 Å². The predicted octanol–water partition coefficient (Wildman–Crippen LogP) is 1.82. The first kappa shape index (κ1) is 20.0. The third-order valence-electron chi connectivity index (χ3n) is 11.0. The van der Waals surface area contributed by atoms with Crippen LogP contribution in [0.25, 0.3) is 0 Å². The van der Waals surface area contributed by atoms with Gasteiger partial charge in [-0.15, -0.1) is 0 Å². The molecule has 2 unspecified atom stereocenters. The molecule has 0 aromatic carbocycles. The summed E-state index contributed by atoms with van der Waals surface area (Å²) >= 11 is 0. The van der Waals surface area contributed by atoms with E-state index in [1.165, 1.54) is 6.92 Å². The first-order chi connectivity index (χ1) is 14.2. The zero-order valence-electron chi connectivity index (χ0n) is 18.7. The molecule has 1 aliphatic heterocycles. The molecule has 0 aromatic heterocycles. The second kappa shape index (κ2) is 6.00. The Morgan fingerprint density at radius 3 is 2.70 bits per heavy atom. The van der Waals surface area contributed by atoms with Crippen LogP contribution in [0.2, 0.25) is 0 Å². The van der Waals surface area contributed by atoms with E-state index in [-0.39, 0.29) is 64.8 Å². The van der Waals surface area contributed by atoms with Crippen molar-refractivity contribution in [1.29, 1.82) is 0 Å². The number of fused-ring (bicyclic) bond motifs is 2. The summed E-state index contributed by atoms with van der Waals surface area (Å²) in [7, 11) is 1.72. The molecule has 0 aromatic rings. The van der Waals surface area contributed by atoms with E-state index in [0.717, 1.165) is 38.8 Å². The third kappa shape index (κ3) is 2.00. The second-order valence-electron chi connectivity index (χ2n) is 11.7. The van der Waals surface area contributed by atoms with Crippen molar-refractivity contribution in [2.45, 2.75) is 82.8 Å². The fraction of sp³-hybridized carbons (Fsp3) is 0.958. The summed E-state index contributed by atoms with van der Waals surface area (Å²) < 4.78 is 11.8. The highest BCUT2D eigenvalue weighted by Gasteiger charge is 2.83. The average Bonchev–Trinajstić information content (AvgIpc) is 3.15. The summed E-state index contributed by atoms with van der Waals surface area (Å²) in [4.78, 5) is 14.6. The lowest BCUT2D eigenvalue weighted by atomic mass is 9.43. The van der Waals surface area contributed by atoms with Gasteiger partial charge in [0, 0.05) is 56.2 Å². The first-order valence-electron chi connectivity index (χ1n) is 12.1. The van der Waals surface area contributed by atoms with Crippen molar-refractivity contribution < 1.29 is 24.5 Å². The minimum Gasteiger partial charge on any atom is -0.462 e. The maximum Gasteiger partial charge on any atom is 0.302 e. The normalized spacial score (nSPS) is 60.5. The van der Waals surface area contributed by atoms with Crippen molar-refractivity contribution in [3.8, 4) is 0 Å². The minimum atomic E-state index is -0.899. The summed E-state index contributed by atoms with van der Waals surface area (Å²) in [6.07, 6.45) is 3.66. The summed E-state index contributed by atoms with van der Waals surface area (Å²) in [5, 5.41) is 24.1. The molecule has 12 atom stereocenters. The van der Waals surface area contributed by atoms with Crippen LogP contribution in [0.4, 0.5) is 0 Å². The molecule has 0 amide bonds. The van der Waals surface area contributed by atoms with Gasteiger partial charge in [-0.2, -0.15) is 0 Å². The second-order valence-corrected chi connectivity index (χ2v) is 11.7. The molecule has 6 aliphatic rings. The molecule has 0 radical (unpaired) electrons. The number of carbonyl (C=O) groups is 1. The molecule has 1 heterocycles. The van der Waals surface area contributed by atoms with Gasteiger partial charge in [0.05, 0.1) is 17.8 Å². The topological polar surface area (TPSA) is 79.2 Å². The Kier molecular flexibility index (Phi) is 3.99. The maximum absolute atomic E-state index is 12.4. The summed E-state index contributed by atoms with van der Waals surface area (Å²) in [6, 6.07) is 0.217. The van der Waals surface area contributed by atoms with Gasteiger partial charge in [0.2, 0.25) is 0 Å². The van der Waals surface area contributed by atoms with E-state index in [1.807, 2.05) is 0 Å². The van der Waals surface area contributed by atoms with Crippen LogP contribution < -0.4 is 0 Å². The number of hydrogen-bond acceptors (Lipinski definition) is 6. The number of ether oxygens (including phenoxy) is 2. The van der Waals surface area contributed by atoms with Crippen LogP contribution in [0.3, 0.4) is 0 Å². The van der Waals surface area contributed by atoms with Gasteiger partial charge < -0.3 is 19.7 Å². The average molecular weight is 420 g/mol. The summed E-state index contributed by atoms with van der Waals surface area (Å²) in [5.41, 5.74) is -0.909. The Morgan fingerprint density at radius 1 is 1.27 bits per heavy atom. The Labute approximate surface area is 179 Å². The number of aliphatic hydroxyl groups excluding tert-OH is 1. The Hall–Kier alpha value is -0.690. The van der Waals surface area contributed by atoms with Crippen molar-refractivity contribution in [3.05, 3.63) is 0 Å². The largest absolute Gasteiger partial charge is 0.462 e. The highest BCUT2D eigenvalue weighted by Crippen LogP contribution is 2.78. The molecule has 7 bridgehead atoms. The van der Waals surface area contributed by atoms with Crippen molar-refractivity contribution in [3.63, 3.8) is 0 Å². The number of carbonyl (C=O) groups excluding carboxylic acids is 1. The van der Waals surface area contributed by atoms with E-state index in [4.69, 9.17) is 9.47 Å². The number of aliphatic hydroxyl groups is 2. The lowest BCUT2D eigenvalue weighted by Gasteiger charge is -2.68. The zero-order chi connectivity index (χ0) is 21.2. The highest BCUT2D eigenvalue weighted by molar-refractivity contribution is 5.66. The molecule has 6 heteroatoms. The molecule has 1 saturated heterocycles. The van der Waals surface area contributed by atoms with Crippen LogP contribution in [-0.2, 0) is 14.3 Å². The Morgan fingerprint density at radius 2 is 2.03 bits per heavy atom. The van der Waals surface area contributed by atoms with Gasteiger partial charge in [-0.05, 0) is 49.5 Å². The molecular weight excluding hydrogens is 382 g/mol. The highest BCUT2D eigenvalue weighted by atomic mass is 16.5. The van der Waals surface area contributed by atoms with Crippen LogP contribution in [0.1, 0.15) is 52.9 Å². The fourth-order valence-electron chi connectivity index (χ4n) is 10.4. The van der Waals surface area contributed by atoms with Crippen LogP contribution >= 0.6 is 0 Å². The standard InChI is InChI=1S/C24H37NO5/c1-5-25-11-22(3)7-6-18(27)24-14-8-13-16(29-4)10-23(28,15(21(24)25)9-17(22)24)19(14)20(13)30-12(2)26/h13-21,27-28H,5-11H2,1-4H3/t13?,14-,15+,16+,17-,18+,19-,20+,21?,22+,23+,24-/m1/s1. The van der Waals surface area contributed by atoms with Crippen molar-refractivity contribution in [2.75, 3.05) is 20.2 Å². The van der Waals surface area contributed by atoms with Gasteiger partial charge in [-0.25, -0.2) is 0 Å². The molecule has 6 fully saturated rings. The number of nitrogens with zero attached hydrogens (tertiary/aromatic N) is 1. The predicted molar refractivity (Wildman–Crippen MR) is 109 cm³/mol. The van der Waals surface area contributed by atoms with Crippen molar-refractivity contribution >= 4 is 5.97 Å². The first-order valence-corrected chi connectivity index (χ1v) is 12.1. The van der Waals surface area contributed by atoms with Crippen molar-refractivity contribution in [1.82, 2.24) is 4.90 Å². The smallest absolute Gasteiger partial charge is 0.302 e. The number of likely N-dealkylation sites (tertiary alicyclic amines) is 1. The third-order valence-corrected chi connectivity index (χ3v) is 11.0. The van der Waals surface area contributed by atoms with Crippen LogP contribution in [0.5, 0.6) is 0 Å². The number of piperidine rings is 1. The maximum atomic E-state index is 12.4. The summed E-state index contributed by atoms with van der Waals surface area (Å²) in [6.45, 7) is 8.16. The molecule has 6 nitrogen and oxygen atoms in total. The molecule has 30 heavy (non-hydrogen) atoms. The number of methoxy groups -OCH3 is 1. The Balaban J connectivity index is 1.57. The van der Waals surface area contributed by atoms with Gasteiger partial charge in [-0.1, -0.05) is 13.8 Å². The molecule has 5 saturated carbocycles. The number of hydrogen-bond donors (Lipinski definition) is 2. The lowest BCUT2D eigenvalue weighted by molar-refractivity contribution is -0.268. The summed E-state index contributed by atoms with van der Waals surface area (Å²) in [5.74, 6) is 0.466. The van der Waals surface area contributed by atoms with E-state index >= 15 is 0 Å². The number of esters is 1. The van der Waals surface area contributed by atoms with Crippen LogP contribution in [-0.4, -0.2) is 71.2 Å². The monoisotopic (exact) mass is 419 g/mol. The Bertz CT molecular complexity index is 775. The van der Waals surface area contributed by atoms with E-state index < -0.39 is 5.60 Å². The SMILES string of the molecule is CCN1C[C@]2(C)CC[C@H](O)[C@]34C1[C@H](C[C@H]23)[C@@]1(O)C[C@H](OC)C2C[C@@H]4[C@@H]1[C@H]2OC(C)=O. The zero-order valence-corrected chi connectivity index (χ0v) is 18.7. The fourth-order valence-corrected chi connectivity index (χ4v) is 10.4. The molecule has 6 rings (SSSR count). The molecule has 168 valence electrons. The molecular formula is C24H37NO5. The lowest BCUT2D eigenvalue weighted by Crippen LogP contribution is -2.75. The van der Waals surface area contributed by atoms with Gasteiger partial charge in [0.15, 0.2) is 0 Å². The molecule has 2 N–H and O–H groups in total. The van der Waals surface area contributed by atoms with E-state index in [9.17, 15) is 15.0 Å². The van der Waals surface area contributed by atoms with E-state index in [1.54, 1.807) is 7.11 Å².